The zero-order valence-corrected chi connectivity index (χ0v) is 12.6. The number of ketones is 1. The minimum absolute atomic E-state index is 0.223. The van der Waals surface area contributed by atoms with Gasteiger partial charge >= 0.3 is 5.97 Å². The average molecular weight is 315 g/mol. The lowest BCUT2D eigenvalue weighted by Gasteiger charge is -2.23. The van der Waals surface area contributed by atoms with Gasteiger partial charge in [-0.25, -0.2) is 4.79 Å². The Kier molecular flexibility index (Phi) is 8.13. The van der Waals surface area contributed by atoms with Gasteiger partial charge < -0.3 is 15.4 Å². The van der Waals surface area contributed by atoms with Crippen molar-refractivity contribution in [2.75, 3.05) is 13.7 Å². The van der Waals surface area contributed by atoms with Crippen LogP contribution in [0.1, 0.15) is 38.5 Å². The standard InChI is InChI=1S/C14H22FN3O4/c1-22-13(21)11(19)7-5-3-2-4-6-8-16-14-17-9-10(15)12(20)18-14/h9,14,16-17H,2-8H2,1H3,(H,18,20). The Balaban J connectivity index is 1.95. The van der Waals surface area contributed by atoms with Gasteiger partial charge in [-0.2, -0.15) is 4.39 Å². The first-order chi connectivity index (χ1) is 10.5. The number of hydrogen-bond acceptors (Lipinski definition) is 6. The molecule has 1 rings (SSSR count). The van der Waals surface area contributed by atoms with Crippen LogP contribution in [0.4, 0.5) is 4.39 Å². The molecule has 1 aliphatic rings. The number of hydrogen-bond donors (Lipinski definition) is 3. The van der Waals surface area contributed by atoms with E-state index in [-0.39, 0.29) is 6.42 Å². The van der Waals surface area contributed by atoms with Crippen molar-refractivity contribution in [3.05, 3.63) is 12.0 Å². The first-order valence-corrected chi connectivity index (χ1v) is 7.31. The van der Waals surface area contributed by atoms with Crippen LogP contribution in [0.25, 0.3) is 0 Å². The lowest BCUT2D eigenvalue weighted by atomic mass is 10.1. The van der Waals surface area contributed by atoms with Gasteiger partial charge in [-0.3, -0.25) is 14.9 Å². The van der Waals surface area contributed by atoms with Gasteiger partial charge in [0.05, 0.1) is 7.11 Å². The van der Waals surface area contributed by atoms with E-state index in [9.17, 15) is 18.8 Å². The first-order valence-electron chi connectivity index (χ1n) is 7.31. The number of unbranched alkanes of at least 4 members (excludes halogenated alkanes) is 4. The molecule has 3 N–H and O–H groups in total. The average Bonchev–Trinajstić information content (AvgIpc) is 2.52. The molecule has 0 fully saturated rings. The van der Waals surface area contributed by atoms with Crippen molar-refractivity contribution in [3.8, 4) is 0 Å². The summed E-state index contributed by atoms with van der Waals surface area (Å²) in [5.41, 5.74) is 0. The number of ether oxygens (including phenoxy) is 1. The Morgan fingerprint density at radius 3 is 2.64 bits per heavy atom. The fraction of sp³-hybridized carbons (Fsp3) is 0.643. The number of methoxy groups -OCH3 is 1. The van der Waals surface area contributed by atoms with Crippen LogP contribution in [-0.4, -0.2) is 37.6 Å². The van der Waals surface area contributed by atoms with Crippen molar-refractivity contribution in [1.29, 1.82) is 0 Å². The van der Waals surface area contributed by atoms with Gasteiger partial charge in [0.2, 0.25) is 11.6 Å². The largest absolute Gasteiger partial charge is 0.463 e. The second kappa shape index (κ2) is 9.88. The smallest absolute Gasteiger partial charge is 0.374 e. The van der Waals surface area contributed by atoms with E-state index in [2.05, 4.69) is 20.7 Å². The van der Waals surface area contributed by atoms with Crippen LogP contribution >= 0.6 is 0 Å². The fourth-order valence-electron chi connectivity index (χ4n) is 1.98. The summed E-state index contributed by atoms with van der Waals surface area (Å²) in [6.45, 7) is 0.675. The quantitative estimate of drug-likeness (QED) is 0.308. The molecule has 124 valence electrons. The lowest BCUT2D eigenvalue weighted by Crippen LogP contribution is -2.56. The molecule has 1 atom stereocenters. The highest BCUT2D eigenvalue weighted by Gasteiger charge is 2.18. The molecule has 0 aliphatic carbocycles. The second-order valence-electron chi connectivity index (χ2n) is 4.95. The van der Waals surface area contributed by atoms with Gasteiger partial charge in [-0.05, 0) is 19.4 Å². The molecule has 0 aromatic heterocycles. The van der Waals surface area contributed by atoms with Crippen molar-refractivity contribution < 1.29 is 23.5 Å². The minimum Gasteiger partial charge on any atom is -0.463 e. The molecule has 7 nitrogen and oxygen atoms in total. The maximum atomic E-state index is 12.7. The van der Waals surface area contributed by atoms with Crippen LogP contribution in [0.5, 0.6) is 0 Å². The van der Waals surface area contributed by atoms with Crippen LogP contribution in [0.3, 0.4) is 0 Å². The van der Waals surface area contributed by atoms with Crippen LogP contribution in [-0.2, 0) is 19.1 Å². The van der Waals surface area contributed by atoms with E-state index < -0.39 is 29.8 Å². The molecule has 0 bridgehead atoms. The molecule has 0 saturated carbocycles. The zero-order chi connectivity index (χ0) is 16.4. The van der Waals surface area contributed by atoms with Crippen molar-refractivity contribution in [3.63, 3.8) is 0 Å². The maximum Gasteiger partial charge on any atom is 0.374 e. The number of rotatable bonds is 10. The lowest BCUT2D eigenvalue weighted by molar-refractivity contribution is -0.151. The number of carbonyl (C=O) groups excluding carboxylic acids is 3. The van der Waals surface area contributed by atoms with Gasteiger partial charge in [0.15, 0.2) is 6.29 Å². The summed E-state index contributed by atoms with van der Waals surface area (Å²) in [6.07, 6.45) is 5.16. The monoisotopic (exact) mass is 315 g/mol. The maximum absolute atomic E-state index is 12.7. The topological polar surface area (TPSA) is 96.5 Å². The SMILES string of the molecule is COC(=O)C(=O)CCCCCCCNC1NC=C(F)C(=O)N1. The highest BCUT2D eigenvalue weighted by molar-refractivity contribution is 6.33. The van der Waals surface area contributed by atoms with Crippen LogP contribution in [0, 0.1) is 0 Å². The molecule has 22 heavy (non-hydrogen) atoms. The van der Waals surface area contributed by atoms with E-state index in [4.69, 9.17) is 0 Å². The summed E-state index contributed by atoms with van der Waals surface area (Å²) in [6, 6.07) is 0. The summed E-state index contributed by atoms with van der Waals surface area (Å²) in [5, 5.41) is 8.13. The van der Waals surface area contributed by atoms with Crippen molar-refractivity contribution in [2.45, 2.75) is 44.8 Å². The Bertz CT molecular complexity index is 440. The minimum atomic E-state index is -0.834. The zero-order valence-electron chi connectivity index (χ0n) is 12.6. The summed E-state index contributed by atoms with van der Waals surface area (Å²) >= 11 is 0. The van der Waals surface area contributed by atoms with Crippen molar-refractivity contribution >= 4 is 17.7 Å². The highest BCUT2D eigenvalue weighted by atomic mass is 19.1. The van der Waals surface area contributed by atoms with Crippen LogP contribution in [0.2, 0.25) is 0 Å². The summed E-state index contributed by atoms with van der Waals surface area (Å²) < 4.78 is 17.1. The van der Waals surface area contributed by atoms with E-state index in [1.54, 1.807) is 0 Å². The number of nitrogens with one attached hydrogen (secondary N) is 3. The van der Waals surface area contributed by atoms with Gasteiger partial charge in [-0.1, -0.05) is 19.3 Å². The predicted octanol–water partition coefficient (Wildman–Crippen LogP) is 0.473. The fourth-order valence-corrected chi connectivity index (χ4v) is 1.98. The van der Waals surface area contributed by atoms with E-state index >= 15 is 0 Å². The molecule has 0 aromatic carbocycles. The van der Waals surface area contributed by atoms with Gasteiger partial charge in [-0.15, -0.1) is 0 Å². The molecule has 0 saturated heterocycles. The molecular formula is C14H22FN3O4. The van der Waals surface area contributed by atoms with E-state index in [0.717, 1.165) is 31.9 Å². The van der Waals surface area contributed by atoms with E-state index in [0.29, 0.717) is 13.0 Å². The number of halogens is 1. The van der Waals surface area contributed by atoms with Crippen LogP contribution < -0.4 is 16.0 Å². The normalized spacial score (nSPS) is 17.3. The number of amides is 1. The Morgan fingerprint density at radius 1 is 1.27 bits per heavy atom. The summed E-state index contributed by atoms with van der Waals surface area (Å²) in [5.74, 6) is -2.83. The van der Waals surface area contributed by atoms with Crippen molar-refractivity contribution in [2.24, 2.45) is 0 Å². The number of esters is 1. The van der Waals surface area contributed by atoms with E-state index in [1.807, 2.05) is 0 Å². The number of Topliss-reactive ketones (excluding diaryl/α,β-unsaturated/α-hetero) is 1. The second-order valence-corrected chi connectivity index (χ2v) is 4.95. The molecule has 0 radical (unpaired) electrons. The van der Waals surface area contributed by atoms with Gasteiger partial charge in [0, 0.05) is 12.6 Å². The van der Waals surface area contributed by atoms with Crippen molar-refractivity contribution in [1.82, 2.24) is 16.0 Å². The Labute approximate surface area is 128 Å². The molecule has 1 unspecified atom stereocenters. The summed E-state index contributed by atoms with van der Waals surface area (Å²) in [7, 11) is 1.20. The predicted molar refractivity (Wildman–Crippen MR) is 77.0 cm³/mol. The highest BCUT2D eigenvalue weighted by Crippen LogP contribution is 2.06. The Hall–Kier alpha value is -1.96. The van der Waals surface area contributed by atoms with E-state index in [1.165, 1.54) is 7.11 Å². The molecule has 1 heterocycles. The third-order valence-corrected chi connectivity index (χ3v) is 3.21. The number of carbonyl (C=O) groups is 3. The molecule has 0 aromatic rings. The summed E-state index contributed by atoms with van der Waals surface area (Å²) in [4.78, 5) is 33.1. The Morgan fingerprint density at radius 2 is 1.95 bits per heavy atom. The van der Waals surface area contributed by atoms with Gasteiger partial charge in [0.1, 0.15) is 0 Å². The molecule has 1 aliphatic heterocycles. The molecule has 8 heteroatoms. The molecule has 1 amide bonds. The van der Waals surface area contributed by atoms with Crippen LogP contribution in [0.15, 0.2) is 12.0 Å². The third kappa shape index (κ3) is 6.66. The molecule has 0 spiro atoms. The van der Waals surface area contributed by atoms with Gasteiger partial charge in [0.25, 0.3) is 5.91 Å². The third-order valence-electron chi connectivity index (χ3n) is 3.21. The molecular weight excluding hydrogens is 293 g/mol. The first kappa shape index (κ1) is 18.1.